The van der Waals surface area contributed by atoms with E-state index in [2.05, 4.69) is 15.4 Å². The molecular formula is C21H21F3N4O. The average molecular weight is 402 g/mol. The van der Waals surface area contributed by atoms with Crippen molar-refractivity contribution < 1.29 is 18.0 Å². The van der Waals surface area contributed by atoms with E-state index in [1.807, 2.05) is 37.3 Å². The number of hydrogen-bond donors (Lipinski definition) is 1. The van der Waals surface area contributed by atoms with Gasteiger partial charge in [-0.05, 0) is 37.1 Å². The van der Waals surface area contributed by atoms with Gasteiger partial charge in [0, 0.05) is 31.1 Å². The second-order valence-corrected chi connectivity index (χ2v) is 6.84. The highest BCUT2D eigenvalue weighted by molar-refractivity contribution is 5.77. The van der Waals surface area contributed by atoms with Crippen LogP contribution >= 0.6 is 0 Å². The van der Waals surface area contributed by atoms with Crippen LogP contribution in [-0.4, -0.2) is 20.7 Å². The van der Waals surface area contributed by atoms with Crippen LogP contribution in [0.1, 0.15) is 40.5 Å². The summed E-state index contributed by atoms with van der Waals surface area (Å²) in [5, 5.41) is 6.51. The number of pyridine rings is 1. The molecule has 0 aliphatic rings. The van der Waals surface area contributed by atoms with Crippen molar-refractivity contribution >= 4 is 5.91 Å². The lowest BCUT2D eigenvalue weighted by atomic mass is 9.99. The Labute approximate surface area is 166 Å². The lowest BCUT2D eigenvalue weighted by Gasteiger charge is -2.20. The molecule has 0 aliphatic carbocycles. The molecule has 1 aromatic carbocycles. The van der Waals surface area contributed by atoms with Crippen molar-refractivity contribution in [3.8, 4) is 0 Å². The average Bonchev–Trinajstić information content (AvgIpc) is 3.07. The summed E-state index contributed by atoms with van der Waals surface area (Å²) in [6.07, 6.45) is -1.17. The van der Waals surface area contributed by atoms with E-state index in [9.17, 15) is 18.0 Å². The summed E-state index contributed by atoms with van der Waals surface area (Å²) in [6, 6.07) is 12.0. The number of aryl methyl sites for hydroxylation is 3. The Kier molecular flexibility index (Phi) is 6.00. The predicted molar refractivity (Wildman–Crippen MR) is 102 cm³/mol. The van der Waals surface area contributed by atoms with Crippen LogP contribution in [0.2, 0.25) is 0 Å². The maximum atomic E-state index is 12.8. The normalized spacial score (nSPS) is 12.6. The van der Waals surface area contributed by atoms with Crippen molar-refractivity contribution in [2.45, 2.75) is 39.0 Å². The molecule has 2 aromatic heterocycles. The molecule has 8 heteroatoms. The molecule has 0 saturated heterocycles. The number of hydrogen-bond acceptors (Lipinski definition) is 3. The smallest absolute Gasteiger partial charge is 0.345 e. The van der Waals surface area contributed by atoms with E-state index >= 15 is 0 Å². The summed E-state index contributed by atoms with van der Waals surface area (Å²) in [7, 11) is 0. The highest BCUT2D eigenvalue weighted by atomic mass is 19.4. The van der Waals surface area contributed by atoms with Gasteiger partial charge in [-0.3, -0.25) is 14.5 Å². The molecule has 1 unspecified atom stereocenters. The molecule has 0 fully saturated rings. The summed E-state index contributed by atoms with van der Waals surface area (Å²) in [4.78, 5) is 16.7. The van der Waals surface area contributed by atoms with Crippen LogP contribution in [0.4, 0.5) is 13.2 Å². The van der Waals surface area contributed by atoms with Crippen LogP contribution < -0.4 is 5.32 Å². The molecule has 0 saturated carbocycles. The van der Waals surface area contributed by atoms with Crippen LogP contribution in [0.3, 0.4) is 0 Å². The molecule has 3 rings (SSSR count). The molecule has 0 radical (unpaired) electrons. The minimum absolute atomic E-state index is 0.00242. The van der Waals surface area contributed by atoms with Gasteiger partial charge in [-0.15, -0.1) is 0 Å². The zero-order valence-electron chi connectivity index (χ0n) is 16.1. The molecule has 29 heavy (non-hydrogen) atoms. The lowest BCUT2D eigenvalue weighted by molar-refractivity contribution is -0.141. The van der Waals surface area contributed by atoms with Gasteiger partial charge in [-0.1, -0.05) is 35.9 Å². The van der Waals surface area contributed by atoms with E-state index < -0.39 is 17.9 Å². The third-order valence-corrected chi connectivity index (χ3v) is 4.56. The molecule has 152 valence electrons. The first-order chi connectivity index (χ1) is 13.7. The van der Waals surface area contributed by atoms with Gasteiger partial charge in [0.2, 0.25) is 5.91 Å². The first-order valence-electron chi connectivity index (χ1n) is 9.11. The second kappa shape index (κ2) is 8.46. The number of carbonyl (C=O) groups is 1. The molecule has 0 aliphatic heterocycles. The molecule has 1 atom stereocenters. The van der Waals surface area contributed by atoms with Crippen LogP contribution in [0.25, 0.3) is 0 Å². The minimum Gasteiger partial charge on any atom is -0.345 e. The maximum Gasteiger partial charge on any atom is 0.435 e. The number of nitrogens with one attached hydrogen (secondary N) is 1. The number of alkyl halides is 3. The fourth-order valence-corrected chi connectivity index (χ4v) is 2.98. The number of aromatic nitrogens is 3. The first kappa shape index (κ1) is 20.6. The molecule has 1 amide bonds. The number of halogens is 3. The SMILES string of the molecule is Cc1ccc(C(NC(=O)CCn2nc(C(F)(F)F)cc2C)c2cccnc2)cc1. The van der Waals surface area contributed by atoms with Gasteiger partial charge in [0.1, 0.15) is 0 Å². The summed E-state index contributed by atoms with van der Waals surface area (Å²) < 4.78 is 39.6. The quantitative estimate of drug-likeness (QED) is 0.672. The summed E-state index contributed by atoms with van der Waals surface area (Å²) in [5.74, 6) is -0.289. The van der Waals surface area contributed by atoms with Crippen molar-refractivity contribution in [1.29, 1.82) is 0 Å². The molecule has 0 spiro atoms. The third kappa shape index (κ3) is 5.22. The molecule has 2 heterocycles. The number of nitrogens with zero attached hydrogens (tertiary/aromatic N) is 3. The van der Waals surface area contributed by atoms with Gasteiger partial charge < -0.3 is 5.32 Å². The minimum atomic E-state index is -4.50. The van der Waals surface area contributed by atoms with Crippen molar-refractivity contribution in [1.82, 2.24) is 20.1 Å². The number of carbonyl (C=O) groups excluding carboxylic acids is 1. The number of amides is 1. The summed E-state index contributed by atoms with van der Waals surface area (Å²) >= 11 is 0. The van der Waals surface area contributed by atoms with Gasteiger partial charge in [-0.25, -0.2) is 0 Å². The van der Waals surface area contributed by atoms with Gasteiger partial charge in [0.25, 0.3) is 0 Å². The Morgan fingerprint density at radius 1 is 1.14 bits per heavy atom. The van der Waals surface area contributed by atoms with Crippen molar-refractivity contribution in [2.24, 2.45) is 0 Å². The van der Waals surface area contributed by atoms with Crippen LogP contribution in [0, 0.1) is 13.8 Å². The van der Waals surface area contributed by atoms with E-state index in [-0.39, 0.29) is 18.9 Å². The first-order valence-corrected chi connectivity index (χ1v) is 9.11. The Balaban J connectivity index is 1.72. The molecule has 5 nitrogen and oxygen atoms in total. The topological polar surface area (TPSA) is 59.8 Å². The summed E-state index contributed by atoms with van der Waals surface area (Å²) in [5.41, 5.74) is 2.21. The van der Waals surface area contributed by atoms with Gasteiger partial charge >= 0.3 is 6.18 Å². The standard InChI is InChI=1S/C21H21F3N4O/c1-14-5-7-16(8-6-14)20(17-4-3-10-25-13-17)26-19(29)9-11-28-15(2)12-18(27-28)21(22,23)24/h3-8,10,12-13,20H,9,11H2,1-2H3,(H,26,29). The van der Waals surface area contributed by atoms with E-state index in [0.717, 1.165) is 22.8 Å². The third-order valence-electron chi connectivity index (χ3n) is 4.56. The Hall–Kier alpha value is -3.16. The highest BCUT2D eigenvalue weighted by Gasteiger charge is 2.34. The van der Waals surface area contributed by atoms with Gasteiger partial charge in [-0.2, -0.15) is 18.3 Å². The molecular weight excluding hydrogens is 381 g/mol. The lowest BCUT2D eigenvalue weighted by Crippen LogP contribution is -2.30. The number of rotatable bonds is 6. The molecule has 1 N–H and O–H groups in total. The zero-order chi connectivity index (χ0) is 21.0. The Morgan fingerprint density at radius 3 is 2.45 bits per heavy atom. The van der Waals surface area contributed by atoms with Crippen molar-refractivity contribution in [3.63, 3.8) is 0 Å². The Morgan fingerprint density at radius 2 is 1.86 bits per heavy atom. The van der Waals surface area contributed by atoms with Gasteiger partial charge in [0.05, 0.1) is 6.04 Å². The highest BCUT2D eigenvalue weighted by Crippen LogP contribution is 2.28. The fraction of sp³-hybridized carbons (Fsp3) is 0.286. The summed E-state index contributed by atoms with van der Waals surface area (Å²) in [6.45, 7) is 3.56. The van der Waals surface area contributed by atoms with E-state index in [1.54, 1.807) is 18.5 Å². The van der Waals surface area contributed by atoms with E-state index in [0.29, 0.717) is 5.69 Å². The molecule has 0 bridgehead atoms. The largest absolute Gasteiger partial charge is 0.435 e. The number of benzene rings is 1. The molecule has 3 aromatic rings. The van der Waals surface area contributed by atoms with Crippen LogP contribution in [0.5, 0.6) is 0 Å². The van der Waals surface area contributed by atoms with E-state index in [1.165, 1.54) is 11.6 Å². The van der Waals surface area contributed by atoms with Crippen molar-refractivity contribution in [2.75, 3.05) is 0 Å². The van der Waals surface area contributed by atoms with Crippen LogP contribution in [-0.2, 0) is 17.5 Å². The zero-order valence-corrected chi connectivity index (χ0v) is 16.1. The maximum absolute atomic E-state index is 12.8. The van der Waals surface area contributed by atoms with Gasteiger partial charge in [0.15, 0.2) is 5.69 Å². The Bertz CT molecular complexity index is 966. The van der Waals surface area contributed by atoms with E-state index in [4.69, 9.17) is 0 Å². The van der Waals surface area contributed by atoms with Crippen LogP contribution in [0.15, 0.2) is 54.9 Å². The second-order valence-electron chi connectivity index (χ2n) is 6.84. The predicted octanol–water partition coefficient (Wildman–Crippen LogP) is 4.21. The fourth-order valence-electron chi connectivity index (χ4n) is 2.98. The van der Waals surface area contributed by atoms with Crippen molar-refractivity contribution in [3.05, 3.63) is 82.9 Å². The monoisotopic (exact) mass is 402 g/mol.